The van der Waals surface area contributed by atoms with Crippen LogP contribution in [-0.2, 0) is 4.79 Å². The lowest BCUT2D eigenvalue weighted by molar-refractivity contribution is -0.125. The lowest BCUT2D eigenvalue weighted by atomic mass is 10.1. The Hall–Kier alpha value is -2.16. The predicted molar refractivity (Wildman–Crippen MR) is 72.5 cm³/mol. The first-order valence-corrected chi connectivity index (χ1v) is 5.72. The molecule has 18 heavy (non-hydrogen) atoms. The molecule has 0 heterocycles. The Bertz CT molecular complexity index is 450. The molecule has 0 unspecified atom stereocenters. The van der Waals surface area contributed by atoms with Crippen LogP contribution in [0.25, 0.3) is 0 Å². The van der Waals surface area contributed by atoms with E-state index in [0.29, 0.717) is 18.7 Å². The number of aryl methyl sites for hydroxylation is 1. The van der Waals surface area contributed by atoms with Crippen molar-refractivity contribution in [3.8, 4) is 0 Å². The van der Waals surface area contributed by atoms with Gasteiger partial charge in [-0.05, 0) is 6.92 Å². The Morgan fingerprint density at radius 3 is 2.06 bits per heavy atom. The summed E-state index contributed by atoms with van der Waals surface area (Å²) < 4.78 is 0. The highest BCUT2D eigenvalue weighted by Gasteiger charge is 2.21. The van der Waals surface area contributed by atoms with Gasteiger partial charge in [0.25, 0.3) is 5.91 Å². The second-order valence-corrected chi connectivity index (χ2v) is 3.98. The molecule has 1 rings (SSSR count). The molecular weight excluding hydrogens is 226 g/mol. The molecule has 3 heteroatoms. The van der Waals surface area contributed by atoms with Gasteiger partial charge in [0.1, 0.15) is 0 Å². The SMILES string of the molecule is C=CCN(CC=C)C(=O)C(=O)c1ccc(C)cc1. The molecule has 94 valence electrons. The summed E-state index contributed by atoms with van der Waals surface area (Å²) in [5.74, 6) is -1.03. The lowest BCUT2D eigenvalue weighted by Crippen LogP contribution is -2.36. The molecule has 0 spiro atoms. The minimum absolute atomic E-state index is 0.336. The van der Waals surface area contributed by atoms with E-state index in [2.05, 4.69) is 13.2 Å². The van der Waals surface area contributed by atoms with E-state index < -0.39 is 11.7 Å². The average molecular weight is 243 g/mol. The fourth-order valence-corrected chi connectivity index (χ4v) is 1.52. The van der Waals surface area contributed by atoms with E-state index in [1.165, 1.54) is 4.90 Å². The molecule has 0 aliphatic carbocycles. The first kappa shape index (κ1) is 13.9. The molecule has 0 saturated carbocycles. The van der Waals surface area contributed by atoms with Crippen molar-refractivity contribution in [3.05, 3.63) is 60.7 Å². The molecule has 1 aromatic carbocycles. The van der Waals surface area contributed by atoms with Crippen LogP contribution in [0.2, 0.25) is 0 Å². The highest BCUT2D eigenvalue weighted by atomic mass is 16.2. The molecule has 0 fully saturated rings. The van der Waals surface area contributed by atoms with E-state index >= 15 is 0 Å². The Morgan fingerprint density at radius 1 is 1.11 bits per heavy atom. The van der Waals surface area contributed by atoms with Crippen molar-refractivity contribution in [1.82, 2.24) is 4.90 Å². The maximum atomic E-state index is 12.0. The second-order valence-electron chi connectivity index (χ2n) is 3.98. The summed E-state index contributed by atoms with van der Waals surface area (Å²) in [6, 6.07) is 6.95. The number of amides is 1. The van der Waals surface area contributed by atoms with Crippen LogP contribution < -0.4 is 0 Å². The van der Waals surface area contributed by atoms with Crippen LogP contribution in [0.3, 0.4) is 0 Å². The normalized spacial score (nSPS) is 9.61. The number of hydrogen-bond donors (Lipinski definition) is 0. The van der Waals surface area contributed by atoms with Gasteiger partial charge >= 0.3 is 0 Å². The lowest BCUT2D eigenvalue weighted by Gasteiger charge is -2.18. The molecule has 0 N–H and O–H groups in total. The fourth-order valence-electron chi connectivity index (χ4n) is 1.52. The Kier molecular flexibility index (Phi) is 5.06. The minimum atomic E-state index is -0.529. The van der Waals surface area contributed by atoms with E-state index in [9.17, 15) is 9.59 Å². The summed E-state index contributed by atoms with van der Waals surface area (Å²) in [5, 5.41) is 0. The minimum Gasteiger partial charge on any atom is -0.328 e. The highest BCUT2D eigenvalue weighted by molar-refractivity contribution is 6.42. The van der Waals surface area contributed by atoms with Gasteiger partial charge in [-0.15, -0.1) is 13.2 Å². The molecule has 0 aliphatic heterocycles. The van der Waals surface area contributed by atoms with Crippen LogP contribution in [0.4, 0.5) is 0 Å². The summed E-state index contributed by atoms with van der Waals surface area (Å²) in [5.41, 5.74) is 1.46. The van der Waals surface area contributed by atoms with Crippen molar-refractivity contribution in [2.45, 2.75) is 6.92 Å². The summed E-state index contributed by atoms with van der Waals surface area (Å²) in [6.07, 6.45) is 3.17. The fraction of sp³-hybridized carbons (Fsp3) is 0.200. The third kappa shape index (κ3) is 3.42. The molecule has 0 bridgehead atoms. The number of benzene rings is 1. The van der Waals surface area contributed by atoms with Crippen LogP contribution in [-0.4, -0.2) is 29.7 Å². The quantitative estimate of drug-likeness (QED) is 0.437. The number of carbonyl (C=O) groups excluding carboxylic acids is 2. The predicted octanol–water partition coefficient (Wildman–Crippen LogP) is 2.38. The topological polar surface area (TPSA) is 37.4 Å². The average Bonchev–Trinajstić information content (AvgIpc) is 2.38. The highest BCUT2D eigenvalue weighted by Crippen LogP contribution is 2.06. The van der Waals surface area contributed by atoms with Gasteiger partial charge in [-0.1, -0.05) is 42.0 Å². The summed E-state index contributed by atoms with van der Waals surface area (Å²) in [4.78, 5) is 25.4. The number of ketones is 1. The molecule has 3 nitrogen and oxygen atoms in total. The molecule has 1 amide bonds. The van der Waals surface area contributed by atoms with Crippen molar-refractivity contribution >= 4 is 11.7 Å². The number of carbonyl (C=O) groups is 2. The molecule has 0 aromatic heterocycles. The van der Waals surface area contributed by atoms with Crippen molar-refractivity contribution in [3.63, 3.8) is 0 Å². The van der Waals surface area contributed by atoms with Crippen molar-refractivity contribution in [1.29, 1.82) is 0 Å². The molecule has 0 radical (unpaired) electrons. The first-order chi connectivity index (χ1) is 8.60. The molecule has 0 saturated heterocycles. The molecule has 0 atom stereocenters. The van der Waals surface area contributed by atoms with Crippen LogP contribution in [0.5, 0.6) is 0 Å². The maximum Gasteiger partial charge on any atom is 0.295 e. The zero-order chi connectivity index (χ0) is 13.5. The van der Waals surface area contributed by atoms with Crippen LogP contribution in [0, 0.1) is 6.92 Å². The first-order valence-electron chi connectivity index (χ1n) is 5.72. The number of nitrogens with zero attached hydrogens (tertiary/aromatic N) is 1. The molecule has 0 aliphatic rings. The van der Waals surface area contributed by atoms with Crippen LogP contribution in [0.1, 0.15) is 15.9 Å². The summed E-state index contributed by atoms with van der Waals surface area (Å²) >= 11 is 0. The summed E-state index contributed by atoms with van der Waals surface area (Å²) in [6.45, 7) is 9.74. The van der Waals surface area contributed by atoms with Crippen molar-refractivity contribution < 1.29 is 9.59 Å². The van der Waals surface area contributed by atoms with Gasteiger partial charge in [-0.2, -0.15) is 0 Å². The third-order valence-corrected chi connectivity index (χ3v) is 2.49. The van der Waals surface area contributed by atoms with E-state index in [-0.39, 0.29) is 0 Å². The number of Topliss-reactive ketones (excluding diaryl/α,β-unsaturated/α-hetero) is 1. The Labute approximate surface area is 107 Å². The van der Waals surface area contributed by atoms with Gasteiger partial charge in [0.05, 0.1) is 0 Å². The molecule has 1 aromatic rings. The zero-order valence-corrected chi connectivity index (χ0v) is 10.6. The van der Waals surface area contributed by atoms with Crippen molar-refractivity contribution in [2.75, 3.05) is 13.1 Å². The van der Waals surface area contributed by atoms with Gasteiger partial charge < -0.3 is 4.90 Å². The standard InChI is InChI=1S/C15H17NO2/c1-4-10-16(11-5-2)15(18)14(17)13-8-6-12(3)7-9-13/h4-9H,1-2,10-11H2,3H3. The number of hydrogen-bond acceptors (Lipinski definition) is 2. The smallest absolute Gasteiger partial charge is 0.295 e. The van der Waals surface area contributed by atoms with E-state index in [4.69, 9.17) is 0 Å². The van der Waals surface area contributed by atoms with E-state index in [1.54, 1.807) is 24.3 Å². The molecular formula is C15H17NO2. The van der Waals surface area contributed by atoms with Gasteiger partial charge in [-0.25, -0.2) is 0 Å². The van der Waals surface area contributed by atoms with Gasteiger partial charge in [0, 0.05) is 18.7 Å². The Balaban J connectivity index is 2.87. The Morgan fingerprint density at radius 2 is 1.61 bits per heavy atom. The van der Waals surface area contributed by atoms with Crippen LogP contribution in [0.15, 0.2) is 49.6 Å². The number of rotatable bonds is 6. The zero-order valence-electron chi connectivity index (χ0n) is 10.6. The maximum absolute atomic E-state index is 12.0. The second kappa shape index (κ2) is 6.55. The van der Waals surface area contributed by atoms with Gasteiger partial charge in [0.2, 0.25) is 5.78 Å². The van der Waals surface area contributed by atoms with E-state index in [0.717, 1.165) is 5.56 Å². The monoisotopic (exact) mass is 243 g/mol. The van der Waals surface area contributed by atoms with Crippen LogP contribution >= 0.6 is 0 Å². The van der Waals surface area contributed by atoms with E-state index in [1.807, 2.05) is 19.1 Å². The summed E-state index contributed by atoms with van der Waals surface area (Å²) in [7, 11) is 0. The van der Waals surface area contributed by atoms with Gasteiger partial charge in [0.15, 0.2) is 0 Å². The van der Waals surface area contributed by atoms with Crippen molar-refractivity contribution in [2.24, 2.45) is 0 Å². The largest absolute Gasteiger partial charge is 0.328 e. The van der Waals surface area contributed by atoms with Gasteiger partial charge in [-0.3, -0.25) is 9.59 Å². The third-order valence-electron chi connectivity index (χ3n) is 2.49.